The van der Waals surface area contributed by atoms with Gasteiger partial charge in [0, 0.05) is 12.4 Å². The lowest BCUT2D eigenvalue weighted by atomic mass is 10.1. The summed E-state index contributed by atoms with van der Waals surface area (Å²) in [5.74, 6) is 0.445. The van der Waals surface area contributed by atoms with Crippen molar-refractivity contribution in [3.05, 3.63) is 48.0 Å². The van der Waals surface area contributed by atoms with Gasteiger partial charge in [-0.2, -0.15) is 0 Å². The van der Waals surface area contributed by atoms with Crippen LogP contribution in [0.1, 0.15) is 11.6 Å². The summed E-state index contributed by atoms with van der Waals surface area (Å²) in [6.07, 6.45) is 3.49. The van der Waals surface area contributed by atoms with Crippen molar-refractivity contribution < 1.29 is 4.39 Å². The van der Waals surface area contributed by atoms with Crippen LogP contribution < -0.4 is 0 Å². The molecule has 0 saturated heterocycles. The van der Waals surface area contributed by atoms with E-state index in [9.17, 15) is 4.39 Å². The number of fused-ring (bicyclic) bond motifs is 1. The first-order chi connectivity index (χ1) is 8.24. The Hall–Kier alpha value is -1.68. The van der Waals surface area contributed by atoms with Crippen LogP contribution in [0.5, 0.6) is 0 Å². The predicted octanol–water partition coefficient (Wildman–Crippen LogP) is 2.70. The molecule has 1 atom stereocenters. The van der Waals surface area contributed by atoms with Gasteiger partial charge in [-0.3, -0.25) is 4.99 Å². The molecule has 1 aromatic rings. The Labute approximate surface area is 103 Å². The van der Waals surface area contributed by atoms with E-state index >= 15 is 0 Å². The Balaban J connectivity index is 1.91. The first-order valence-electron chi connectivity index (χ1n) is 5.24. The van der Waals surface area contributed by atoms with Gasteiger partial charge in [-0.05, 0) is 17.7 Å². The van der Waals surface area contributed by atoms with Crippen LogP contribution in [0.25, 0.3) is 0 Å². The molecule has 17 heavy (non-hydrogen) atoms. The van der Waals surface area contributed by atoms with Crippen LogP contribution in [0.15, 0.2) is 46.7 Å². The number of hydrogen-bond acceptors (Lipinski definition) is 3. The van der Waals surface area contributed by atoms with Crippen molar-refractivity contribution in [3.8, 4) is 0 Å². The fourth-order valence-corrected chi connectivity index (χ4v) is 2.15. The molecular weight excluding hydrogens is 241 g/mol. The Morgan fingerprint density at radius 1 is 1.29 bits per heavy atom. The van der Waals surface area contributed by atoms with Gasteiger partial charge in [-0.25, -0.2) is 9.38 Å². The van der Waals surface area contributed by atoms with Crippen LogP contribution in [0.3, 0.4) is 0 Å². The molecule has 0 fully saturated rings. The molecule has 0 N–H and O–H groups in total. The number of nitrogens with zero attached hydrogens (tertiary/aromatic N) is 3. The third kappa shape index (κ3) is 1.85. The Kier molecular flexibility index (Phi) is 2.44. The van der Waals surface area contributed by atoms with Crippen molar-refractivity contribution in [2.24, 2.45) is 9.98 Å². The van der Waals surface area contributed by atoms with E-state index in [4.69, 9.17) is 11.6 Å². The lowest BCUT2D eigenvalue weighted by Gasteiger charge is -2.17. The molecular formula is C12H9ClFN3. The van der Waals surface area contributed by atoms with Crippen molar-refractivity contribution in [2.75, 3.05) is 6.54 Å². The lowest BCUT2D eigenvalue weighted by Crippen LogP contribution is -2.28. The van der Waals surface area contributed by atoms with Crippen LogP contribution >= 0.6 is 11.6 Å². The highest BCUT2D eigenvalue weighted by atomic mass is 35.5. The molecule has 2 aliphatic rings. The van der Waals surface area contributed by atoms with Crippen molar-refractivity contribution >= 4 is 22.6 Å². The summed E-state index contributed by atoms with van der Waals surface area (Å²) in [5.41, 5.74) is 0.978. The second-order valence-corrected chi connectivity index (χ2v) is 4.25. The topological polar surface area (TPSA) is 28.0 Å². The summed E-state index contributed by atoms with van der Waals surface area (Å²) < 4.78 is 12.8. The Bertz CT molecular complexity index is 533. The van der Waals surface area contributed by atoms with Gasteiger partial charge in [0.1, 0.15) is 5.82 Å². The molecule has 1 unspecified atom stereocenters. The van der Waals surface area contributed by atoms with Gasteiger partial charge < -0.3 is 4.90 Å². The highest BCUT2D eigenvalue weighted by Gasteiger charge is 2.28. The van der Waals surface area contributed by atoms with E-state index in [1.54, 1.807) is 18.3 Å². The van der Waals surface area contributed by atoms with Crippen molar-refractivity contribution in [1.29, 1.82) is 0 Å². The summed E-state index contributed by atoms with van der Waals surface area (Å²) in [6.45, 7) is 0.712. The zero-order valence-electron chi connectivity index (χ0n) is 8.85. The first kappa shape index (κ1) is 10.5. The van der Waals surface area contributed by atoms with Crippen LogP contribution in [-0.4, -0.2) is 22.5 Å². The zero-order valence-corrected chi connectivity index (χ0v) is 9.60. The fraction of sp³-hybridized carbons (Fsp3) is 0.167. The molecule has 0 aliphatic carbocycles. The summed E-state index contributed by atoms with van der Waals surface area (Å²) in [6, 6.07) is 6.36. The Morgan fingerprint density at radius 2 is 2.06 bits per heavy atom. The molecule has 0 amide bonds. The summed E-state index contributed by atoms with van der Waals surface area (Å²) >= 11 is 5.96. The maximum Gasteiger partial charge on any atom is 0.171 e. The number of halogens is 2. The number of benzene rings is 1. The third-order valence-electron chi connectivity index (χ3n) is 2.79. The van der Waals surface area contributed by atoms with E-state index in [0.29, 0.717) is 17.6 Å². The number of rotatable bonds is 1. The number of hydrogen-bond donors (Lipinski definition) is 0. The minimum atomic E-state index is -0.239. The predicted molar refractivity (Wildman–Crippen MR) is 65.7 cm³/mol. The SMILES string of the molecule is Fc1ccc(C2CN3C=CN=C(Cl)C3=N2)cc1. The van der Waals surface area contributed by atoms with E-state index in [1.165, 1.54) is 12.1 Å². The third-order valence-corrected chi connectivity index (χ3v) is 3.06. The molecule has 86 valence electrons. The fourth-order valence-electron chi connectivity index (χ4n) is 1.94. The normalized spacial score (nSPS) is 22.2. The van der Waals surface area contributed by atoms with E-state index in [0.717, 1.165) is 5.56 Å². The summed E-state index contributed by atoms with van der Waals surface area (Å²) in [7, 11) is 0. The average molecular weight is 250 g/mol. The largest absolute Gasteiger partial charge is 0.327 e. The lowest BCUT2D eigenvalue weighted by molar-refractivity contribution is 0.549. The molecule has 3 rings (SSSR count). The summed E-state index contributed by atoms with van der Waals surface area (Å²) in [5, 5.41) is 0.400. The van der Waals surface area contributed by atoms with Crippen molar-refractivity contribution in [1.82, 2.24) is 4.90 Å². The van der Waals surface area contributed by atoms with E-state index < -0.39 is 0 Å². The zero-order chi connectivity index (χ0) is 11.8. The number of aliphatic imine (C=N–C) groups is 2. The highest BCUT2D eigenvalue weighted by molar-refractivity contribution is 6.83. The van der Waals surface area contributed by atoms with Gasteiger partial charge in [0.2, 0.25) is 0 Å². The van der Waals surface area contributed by atoms with E-state index in [-0.39, 0.29) is 11.9 Å². The molecule has 3 nitrogen and oxygen atoms in total. The second-order valence-electron chi connectivity index (χ2n) is 3.89. The average Bonchev–Trinajstić information content (AvgIpc) is 2.75. The number of amidine groups is 1. The molecule has 0 spiro atoms. The monoisotopic (exact) mass is 249 g/mol. The van der Waals surface area contributed by atoms with Gasteiger partial charge >= 0.3 is 0 Å². The van der Waals surface area contributed by atoms with Gasteiger partial charge in [-0.15, -0.1) is 0 Å². The van der Waals surface area contributed by atoms with Gasteiger partial charge in [0.25, 0.3) is 0 Å². The molecule has 5 heteroatoms. The van der Waals surface area contributed by atoms with Crippen LogP contribution in [0.4, 0.5) is 4.39 Å². The first-order valence-corrected chi connectivity index (χ1v) is 5.62. The van der Waals surface area contributed by atoms with Gasteiger partial charge in [0.05, 0.1) is 12.6 Å². The van der Waals surface area contributed by atoms with E-state index in [2.05, 4.69) is 9.98 Å². The smallest absolute Gasteiger partial charge is 0.171 e. The highest BCUT2D eigenvalue weighted by Crippen LogP contribution is 2.27. The molecule has 2 aliphatic heterocycles. The molecule has 0 radical (unpaired) electrons. The molecule has 0 saturated carbocycles. The maximum atomic E-state index is 12.8. The minimum Gasteiger partial charge on any atom is -0.327 e. The standard InChI is InChI=1S/C12H9ClFN3/c13-11-12-16-10(7-17(12)6-5-15-11)8-1-3-9(14)4-2-8/h1-6,10H,7H2. The van der Waals surface area contributed by atoms with Crippen LogP contribution in [-0.2, 0) is 0 Å². The minimum absolute atomic E-state index is 0.0164. The quantitative estimate of drug-likeness (QED) is 0.752. The van der Waals surface area contributed by atoms with Gasteiger partial charge in [0.15, 0.2) is 11.0 Å². The Morgan fingerprint density at radius 3 is 2.76 bits per heavy atom. The maximum absolute atomic E-state index is 12.8. The molecule has 2 heterocycles. The van der Waals surface area contributed by atoms with Crippen molar-refractivity contribution in [2.45, 2.75) is 6.04 Å². The second kappa shape index (κ2) is 3.96. The summed E-state index contributed by atoms with van der Waals surface area (Å²) in [4.78, 5) is 10.4. The van der Waals surface area contributed by atoms with Crippen LogP contribution in [0.2, 0.25) is 0 Å². The van der Waals surface area contributed by atoms with E-state index in [1.807, 2.05) is 11.1 Å². The van der Waals surface area contributed by atoms with Crippen LogP contribution in [0, 0.1) is 5.82 Å². The van der Waals surface area contributed by atoms with Gasteiger partial charge in [-0.1, -0.05) is 23.7 Å². The van der Waals surface area contributed by atoms with Crippen molar-refractivity contribution in [3.63, 3.8) is 0 Å². The molecule has 1 aromatic carbocycles. The molecule has 0 aromatic heterocycles. The molecule has 0 bridgehead atoms.